The summed E-state index contributed by atoms with van der Waals surface area (Å²) in [6.45, 7) is 6.04. The maximum absolute atomic E-state index is 9.04. The first-order chi connectivity index (χ1) is 10.5. The van der Waals surface area contributed by atoms with E-state index in [1.165, 1.54) is 22.2 Å². The second kappa shape index (κ2) is 5.84. The summed E-state index contributed by atoms with van der Waals surface area (Å²) in [6.07, 6.45) is 0. The smallest absolute Gasteiger partial charge is 0.160 e. The number of aryl methyl sites for hydroxylation is 3. The standard InChI is InChI=1S/C15H11ClN4S2/c1-7-8(2)21-14-13(7)15(19-9(3)18-14)22-12-5-4-10(16)11(6-17)20-12/h4-5H,1-3H3. The van der Waals surface area contributed by atoms with Gasteiger partial charge >= 0.3 is 0 Å². The number of fused-ring (bicyclic) bond motifs is 1. The Kier molecular flexibility index (Phi) is 4.04. The number of halogens is 1. The van der Waals surface area contributed by atoms with Gasteiger partial charge in [0.15, 0.2) is 5.69 Å². The fourth-order valence-corrected chi connectivity index (χ4v) is 4.33. The van der Waals surface area contributed by atoms with Crippen LogP contribution >= 0.6 is 34.7 Å². The summed E-state index contributed by atoms with van der Waals surface area (Å²) in [5.41, 5.74) is 1.42. The quantitative estimate of drug-likeness (QED) is 0.630. The van der Waals surface area contributed by atoms with Crippen LogP contribution in [-0.2, 0) is 0 Å². The highest BCUT2D eigenvalue weighted by Crippen LogP contribution is 2.37. The van der Waals surface area contributed by atoms with E-state index in [2.05, 4.69) is 28.8 Å². The van der Waals surface area contributed by atoms with E-state index >= 15 is 0 Å². The van der Waals surface area contributed by atoms with E-state index in [4.69, 9.17) is 16.9 Å². The first kappa shape index (κ1) is 15.2. The molecule has 0 aromatic carbocycles. The van der Waals surface area contributed by atoms with Crippen molar-refractivity contribution in [3.63, 3.8) is 0 Å². The molecule has 0 aliphatic rings. The van der Waals surface area contributed by atoms with Crippen molar-refractivity contribution < 1.29 is 0 Å². The lowest BCUT2D eigenvalue weighted by Crippen LogP contribution is -1.93. The zero-order chi connectivity index (χ0) is 15.9. The molecule has 0 radical (unpaired) electrons. The maximum Gasteiger partial charge on any atom is 0.160 e. The van der Waals surface area contributed by atoms with E-state index < -0.39 is 0 Å². The third kappa shape index (κ3) is 2.68. The highest BCUT2D eigenvalue weighted by molar-refractivity contribution is 7.99. The Morgan fingerprint density at radius 3 is 2.68 bits per heavy atom. The number of hydrogen-bond acceptors (Lipinski definition) is 6. The summed E-state index contributed by atoms with van der Waals surface area (Å²) in [5, 5.41) is 12.0. The van der Waals surface area contributed by atoms with E-state index in [0.717, 1.165) is 21.1 Å². The molecule has 22 heavy (non-hydrogen) atoms. The number of thiophene rings is 1. The van der Waals surface area contributed by atoms with Crippen LogP contribution in [0.2, 0.25) is 5.02 Å². The number of nitriles is 1. The van der Waals surface area contributed by atoms with Gasteiger partial charge in [-0.25, -0.2) is 15.0 Å². The van der Waals surface area contributed by atoms with Crippen LogP contribution in [0, 0.1) is 32.1 Å². The minimum absolute atomic E-state index is 0.229. The molecule has 4 nitrogen and oxygen atoms in total. The largest absolute Gasteiger partial charge is 0.229 e. The monoisotopic (exact) mass is 346 g/mol. The second-order valence-corrected chi connectivity index (χ2v) is 7.35. The average Bonchev–Trinajstić information content (AvgIpc) is 2.75. The van der Waals surface area contributed by atoms with Gasteiger partial charge in [-0.05, 0) is 50.2 Å². The highest BCUT2D eigenvalue weighted by atomic mass is 35.5. The summed E-state index contributed by atoms with van der Waals surface area (Å²) in [7, 11) is 0. The van der Waals surface area contributed by atoms with Gasteiger partial charge in [0.1, 0.15) is 26.8 Å². The molecule has 0 bridgehead atoms. The van der Waals surface area contributed by atoms with Gasteiger partial charge in [-0.3, -0.25) is 0 Å². The average molecular weight is 347 g/mol. The minimum Gasteiger partial charge on any atom is -0.229 e. The van der Waals surface area contributed by atoms with Crippen LogP contribution in [-0.4, -0.2) is 15.0 Å². The van der Waals surface area contributed by atoms with Gasteiger partial charge in [0.05, 0.1) is 5.02 Å². The molecule has 0 saturated carbocycles. The van der Waals surface area contributed by atoms with Crippen LogP contribution < -0.4 is 0 Å². The Balaban J connectivity index is 2.13. The van der Waals surface area contributed by atoms with Crippen LogP contribution in [0.3, 0.4) is 0 Å². The molecular weight excluding hydrogens is 336 g/mol. The normalized spacial score (nSPS) is 10.9. The molecule has 0 saturated heterocycles. The number of pyridine rings is 1. The Hall–Kier alpha value is -1.68. The number of aromatic nitrogens is 3. The minimum atomic E-state index is 0.229. The van der Waals surface area contributed by atoms with Gasteiger partial charge in [0.2, 0.25) is 0 Å². The van der Waals surface area contributed by atoms with Gasteiger partial charge in [0.25, 0.3) is 0 Å². The molecule has 0 aliphatic carbocycles. The Morgan fingerprint density at radius 2 is 1.95 bits per heavy atom. The molecule has 3 heterocycles. The fraction of sp³-hybridized carbons (Fsp3) is 0.200. The fourth-order valence-electron chi connectivity index (χ4n) is 2.05. The van der Waals surface area contributed by atoms with Crippen molar-refractivity contribution in [3.05, 3.63) is 39.1 Å². The maximum atomic E-state index is 9.04. The number of nitrogens with zero attached hydrogens (tertiary/aromatic N) is 4. The van der Waals surface area contributed by atoms with Crippen molar-refractivity contribution >= 4 is 44.9 Å². The topological polar surface area (TPSA) is 62.5 Å². The van der Waals surface area contributed by atoms with Gasteiger partial charge in [-0.1, -0.05) is 11.6 Å². The summed E-state index contributed by atoms with van der Waals surface area (Å²) < 4.78 is 0. The highest BCUT2D eigenvalue weighted by Gasteiger charge is 2.15. The van der Waals surface area contributed by atoms with Crippen LogP contribution in [0.15, 0.2) is 22.2 Å². The van der Waals surface area contributed by atoms with Gasteiger partial charge in [-0.15, -0.1) is 11.3 Å². The molecule has 0 N–H and O–H groups in total. The molecule has 0 amide bonds. The summed E-state index contributed by atoms with van der Waals surface area (Å²) in [6, 6.07) is 5.48. The van der Waals surface area contributed by atoms with Gasteiger partial charge in [-0.2, -0.15) is 5.26 Å². The van der Waals surface area contributed by atoms with Crippen molar-refractivity contribution in [2.45, 2.75) is 30.8 Å². The lowest BCUT2D eigenvalue weighted by Gasteiger charge is -2.05. The van der Waals surface area contributed by atoms with Gasteiger partial charge in [0, 0.05) is 10.3 Å². The van der Waals surface area contributed by atoms with E-state index in [1.54, 1.807) is 23.5 Å². The lowest BCUT2D eigenvalue weighted by molar-refractivity contribution is 1.01. The molecular formula is C15H11ClN4S2. The molecule has 3 aromatic heterocycles. The second-order valence-electron chi connectivity index (χ2n) is 4.73. The van der Waals surface area contributed by atoms with Crippen molar-refractivity contribution in [3.8, 4) is 6.07 Å². The molecule has 0 atom stereocenters. The molecule has 3 aromatic rings. The third-order valence-electron chi connectivity index (χ3n) is 3.23. The number of rotatable bonds is 2. The van der Waals surface area contributed by atoms with E-state index in [0.29, 0.717) is 10.0 Å². The Labute approximate surface area is 141 Å². The lowest BCUT2D eigenvalue weighted by atomic mass is 10.2. The first-order valence-electron chi connectivity index (χ1n) is 6.48. The van der Waals surface area contributed by atoms with Crippen LogP contribution in [0.4, 0.5) is 0 Å². The predicted octanol–water partition coefficient (Wildman–Crippen LogP) is 4.69. The van der Waals surface area contributed by atoms with Crippen molar-refractivity contribution in [1.82, 2.24) is 15.0 Å². The molecule has 110 valence electrons. The Bertz CT molecular complexity index is 927. The molecule has 0 aliphatic heterocycles. The predicted molar refractivity (Wildman–Crippen MR) is 89.7 cm³/mol. The van der Waals surface area contributed by atoms with Crippen molar-refractivity contribution in [2.24, 2.45) is 0 Å². The first-order valence-corrected chi connectivity index (χ1v) is 8.49. The van der Waals surface area contributed by atoms with Crippen LogP contribution in [0.5, 0.6) is 0 Å². The molecule has 7 heteroatoms. The van der Waals surface area contributed by atoms with E-state index in [-0.39, 0.29) is 5.69 Å². The molecule has 0 unspecified atom stereocenters. The van der Waals surface area contributed by atoms with E-state index in [9.17, 15) is 0 Å². The molecule has 0 spiro atoms. The zero-order valence-electron chi connectivity index (χ0n) is 12.1. The van der Waals surface area contributed by atoms with Crippen LogP contribution in [0.1, 0.15) is 22.0 Å². The summed E-state index contributed by atoms with van der Waals surface area (Å²) >= 11 is 9.03. The molecule has 3 rings (SSSR count). The molecule has 0 fully saturated rings. The summed E-state index contributed by atoms with van der Waals surface area (Å²) in [4.78, 5) is 15.6. The van der Waals surface area contributed by atoms with Gasteiger partial charge < -0.3 is 0 Å². The number of hydrogen-bond donors (Lipinski definition) is 0. The summed E-state index contributed by atoms with van der Waals surface area (Å²) in [5.74, 6) is 0.728. The zero-order valence-corrected chi connectivity index (χ0v) is 14.5. The third-order valence-corrected chi connectivity index (χ3v) is 5.57. The van der Waals surface area contributed by atoms with Crippen LogP contribution in [0.25, 0.3) is 10.2 Å². The van der Waals surface area contributed by atoms with Crippen molar-refractivity contribution in [1.29, 1.82) is 5.26 Å². The van der Waals surface area contributed by atoms with Crippen molar-refractivity contribution in [2.75, 3.05) is 0 Å². The Morgan fingerprint density at radius 1 is 1.18 bits per heavy atom. The SMILES string of the molecule is Cc1nc(Sc2ccc(Cl)c(C#N)n2)c2c(C)c(C)sc2n1. The van der Waals surface area contributed by atoms with E-state index in [1.807, 2.05) is 13.0 Å².